The number of carbonyl (C=O) groups is 3. The van der Waals surface area contributed by atoms with Crippen LogP contribution in [0.5, 0.6) is 0 Å². The molecule has 22 heavy (non-hydrogen) atoms. The van der Waals surface area contributed by atoms with Gasteiger partial charge in [0.2, 0.25) is 0 Å². The number of hydrogen-bond donors (Lipinski definition) is 0. The van der Waals surface area contributed by atoms with Gasteiger partial charge in [-0.15, -0.1) is 0 Å². The summed E-state index contributed by atoms with van der Waals surface area (Å²) in [4.78, 5) is 34.5. The van der Waals surface area contributed by atoms with Crippen LogP contribution in [0.3, 0.4) is 0 Å². The van der Waals surface area contributed by atoms with Gasteiger partial charge in [0, 0.05) is 5.56 Å². The average Bonchev–Trinajstić information content (AvgIpc) is 2.45. The van der Waals surface area contributed by atoms with Crippen LogP contribution in [0.15, 0.2) is 30.3 Å². The molecular formula is C16H20O6. The Hall–Kier alpha value is -2.21. The quantitative estimate of drug-likeness (QED) is 0.330. The molecule has 0 N–H and O–H groups in total. The van der Waals surface area contributed by atoms with Gasteiger partial charge in [0.05, 0.1) is 6.61 Å². The molecule has 0 spiro atoms. The summed E-state index contributed by atoms with van der Waals surface area (Å²) in [6.07, 6.45) is 0. The Balaban J connectivity index is 2.21. The largest absolute Gasteiger partial charge is 0.458 e. The molecule has 120 valence electrons. The predicted molar refractivity (Wildman–Crippen MR) is 78.4 cm³/mol. The Morgan fingerprint density at radius 2 is 1.64 bits per heavy atom. The van der Waals surface area contributed by atoms with Gasteiger partial charge in [-0.1, -0.05) is 30.3 Å². The van der Waals surface area contributed by atoms with Gasteiger partial charge in [0.1, 0.15) is 18.8 Å². The first kappa shape index (κ1) is 17.8. The highest BCUT2D eigenvalue weighted by molar-refractivity contribution is 6.40. The number of ether oxygens (including phenoxy) is 3. The summed E-state index contributed by atoms with van der Waals surface area (Å²) >= 11 is 0. The zero-order valence-corrected chi connectivity index (χ0v) is 13.0. The van der Waals surface area contributed by atoms with Crippen LogP contribution in [0.25, 0.3) is 0 Å². The van der Waals surface area contributed by atoms with E-state index in [1.807, 2.05) is 0 Å². The first-order valence-electron chi connectivity index (χ1n) is 6.86. The molecule has 6 nitrogen and oxygen atoms in total. The maximum atomic E-state index is 11.7. The van der Waals surface area contributed by atoms with Crippen LogP contribution in [0.4, 0.5) is 0 Å². The zero-order valence-electron chi connectivity index (χ0n) is 13.0. The summed E-state index contributed by atoms with van der Waals surface area (Å²) in [5, 5.41) is 0. The number of benzene rings is 1. The molecule has 0 amide bonds. The summed E-state index contributed by atoms with van der Waals surface area (Å²) in [5.74, 6) is -2.17. The normalized spacial score (nSPS) is 10.9. The number of rotatable bonds is 7. The maximum absolute atomic E-state index is 11.7. The van der Waals surface area contributed by atoms with Crippen molar-refractivity contribution in [2.75, 3.05) is 19.8 Å². The van der Waals surface area contributed by atoms with Gasteiger partial charge in [-0.25, -0.2) is 9.59 Å². The lowest BCUT2D eigenvalue weighted by atomic mass is 10.1. The SMILES string of the molecule is CC(C)(C)OC(=O)COCCOC(=O)C(=O)c1ccccc1. The smallest absolute Gasteiger partial charge is 0.379 e. The number of ketones is 1. The van der Waals surface area contributed by atoms with E-state index < -0.39 is 23.3 Å². The fraction of sp³-hybridized carbons (Fsp3) is 0.438. The van der Waals surface area contributed by atoms with Crippen LogP contribution >= 0.6 is 0 Å². The van der Waals surface area contributed by atoms with Crippen molar-refractivity contribution in [1.29, 1.82) is 0 Å². The molecule has 0 saturated carbocycles. The molecule has 0 saturated heterocycles. The van der Waals surface area contributed by atoms with Crippen LogP contribution in [0.2, 0.25) is 0 Å². The van der Waals surface area contributed by atoms with E-state index >= 15 is 0 Å². The minimum atomic E-state index is -0.952. The third-order valence-corrected chi connectivity index (χ3v) is 2.32. The lowest BCUT2D eigenvalue weighted by Crippen LogP contribution is -2.27. The molecule has 0 aliphatic rings. The van der Waals surface area contributed by atoms with Crippen LogP contribution in [-0.4, -0.2) is 43.1 Å². The van der Waals surface area contributed by atoms with Gasteiger partial charge >= 0.3 is 11.9 Å². The van der Waals surface area contributed by atoms with E-state index in [-0.39, 0.29) is 25.4 Å². The van der Waals surface area contributed by atoms with Crippen LogP contribution in [0, 0.1) is 0 Å². The monoisotopic (exact) mass is 308 g/mol. The van der Waals surface area contributed by atoms with Crippen molar-refractivity contribution in [3.8, 4) is 0 Å². The van der Waals surface area contributed by atoms with E-state index in [0.29, 0.717) is 0 Å². The third kappa shape index (κ3) is 6.99. The molecule has 1 rings (SSSR count). The first-order valence-corrected chi connectivity index (χ1v) is 6.86. The maximum Gasteiger partial charge on any atom is 0.379 e. The molecule has 1 aromatic carbocycles. The molecule has 0 bridgehead atoms. The summed E-state index contributed by atoms with van der Waals surface area (Å²) < 4.78 is 14.8. The molecule has 0 aliphatic carbocycles. The van der Waals surface area contributed by atoms with Crippen molar-refractivity contribution in [1.82, 2.24) is 0 Å². The van der Waals surface area contributed by atoms with Crippen molar-refractivity contribution >= 4 is 17.7 Å². The first-order chi connectivity index (χ1) is 10.3. The molecule has 0 aromatic heterocycles. The highest BCUT2D eigenvalue weighted by atomic mass is 16.6. The zero-order chi connectivity index (χ0) is 16.6. The van der Waals surface area contributed by atoms with Gasteiger partial charge in [0.15, 0.2) is 0 Å². The van der Waals surface area contributed by atoms with E-state index in [9.17, 15) is 14.4 Å². The van der Waals surface area contributed by atoms with Gasteiger partial charge in [-0.3, -0.25) is 4.79 Å². The molecule has 0 unspecified atom stereocenters. The van der Waals surface area contributed by atoms with Gasteiger partial charge in [0.25, 0.3) is 5.78 Å². The topological polar surface area (TPSA) is 78.9 Å². The third-order valence-electron chi connectivity index (χ3n) is 2.32. The Bertz CT molecular complexity index is 515. The van der Waals surface area contributed by atoms with E-state index in [1.165, 1.54) is 12.1 Å². The van der Waals surface area contributed by atoms with Crippen molar-refractivity contribution < 1.29 is 28.6 Å². The Kier molecular flexibility index (Phi) is 6.72. The summed E-state index contributed by atoms with van der Waals surface area (Å²) in [5.41, 5.74) is -0.308. The molecule has 1 aromatic rings. The number of esters is 2. The van der Waals surface area contributed by atoms with Crippen molar-refractivity contribution in [3.63, 3.8) is 0 Å². The summed E-state index contributed by atoms with van der Waals surface area (Å²) in [7, 11) is 0. The van der Waals surface area contributed by atoms with E-state index in [0.717, 1.165) is 0 Å². The molecular weight excluding hydrogens is 288 g/mol. The van der Waals surface area contributed by atoms with Gasteiger partial charge in [-0.2, -0.15) is 0 Å². The Morgan fingerprint density at radius 3 is 2.23 bits per heavy atom. The summed E-state index contributed by atoms with van der Waals surface area (Å²) in [6.45, 7) is 4.92. The lowest BCUT2D eigenvalue weighted by molar-refractivity contribution is -0.160. The van der Waals surface area contributed by atoms with Crippen molar-refractivity contribution in [2.45, 2.75) is 26.4 Å². The molecule has 6 heteroatoms. The molecule has 0 radical (unpaired) electrons. The second kappa shape index (κ2) is 8.29. The molecule has 0 atom stereocenters. The standard InChI is InChI=1S/C16H20O6/c1-16(2,3)22-13(17)11-20-9-10-21-15(19)14(18)12-7-5-4-6-8-12/h4-8H,9-11H2,1-3H3. The minimum absolute atomic E-state index is 0.00700. The second-order valence-corrected chi connectivity index (χ2v) is 5.47. The predicted octanol–water partition coefficient (Wildman–Crippen LogP) is 1.77. The van der Waals surface area contributed by atoms with Crippen molar-refractivity contribution in [2.24, 2.45) is 0 Å². The van der Waals surface area contributed by atoms with Crippen LogP contribution in [0.1, 0.15) is 31.1 Å². The van der Waals surface area contributed by atoms with Gasteiger partial charge in [-0.05, 0) is 20.8 Å². The van der Waals surface area contributed by atoms with E-state index in [1.54, 1.807) is 39.0 Å². The molecule has 0 aliphatic heterocycles. The van der Waals surface area contributed by atoms with Crippen LogP contribution < -0.4 is 0 Å². The minimum Gasteiger partial charge on any atom is -0.458 e. The van der Waals surface area contributed by atoms with Gasteiger partial charge < -0.3 is 14.2 Å². The lowest BCUT2D eigenvalue weighted by Gasteiger charge is -2.19. The fourth-order valence-corrected chi connectivity index (χ4v) is 1.49. The van der Waals surface area contributed by atoms with Crippen LogP contribution in [-0.2, 0) is 23.8 Å². The highest BCUT2D eigenvalue weighted by Crippen LogP contribution is 2.06. The molecule has 0 heterocycles. The van der Waals surface area contributed by atoms with E-state index in [4.69, 9.17) is 14.2 Å². The Morgan fingerprint density at radius 1 is 1.00 bits per heavy atom. The number of Topliss-reactive ketones (excluding diaryl/α,β-unsaturated/α-hetero) is 1. The fourth-order valence-electron chi connectivity index (χ4n) is 1.49. The highest BCUT2D eigenvalue weighted by Gasteiger charge is 2.18. The van der Waals surface area contributed by atoms with E-state index in [2.05, 4.69) is 0 Å². The Labute approximate surface area is 129 Å². The number of carbonyl (C=O) groups excluding carboxylic acids is 3. The van der Waals surface area contributed by atoms with Crippen molar-refractivity contribution in [3.05, 3.63) is 35.9 Å². The molecule has 0 fully saturated rings. The average molecular weight is 308 g/mol. The number of hydrogen-bond acceptors (Lipinski definition) is 6. The summed E-state index contributed by atoms with van der Waals surface area (Å²) in [6, 6.07) is 8.12. The second-order valence-electron chi connectivity index (χ2n) is 5.47.